The number of rotatable bonds is 3. The van der Waals surface area contributed by atoms with Gasteiger partial charge in [-0.15, -0.1) is 11.3 Å². The van der Waals surface area contributed by atoms with Gasteiger partial charge in [-0.1, -0.05) is 152 Å². The van der Waals surface area contributed by atoms with Gasteiger partial charge in [0.15, 0.2) is 0 Å². The molecule has 5 heterocycles. The summed E-state index contributed by atoms with van der Waals surface area (Å²) in [4.78, 5) is 10.9. The van der Waals surface area contributed by atoms with E-state index in [0.717, 1.165) is 44.0 Å². The van der Waals surface area contributed by atoms with Crippen LogP contribution < -0.4 is 0 Å². The fourth-order valence-corrected chi connectivity index (χ4v) is 12.8. The van der Waals surface area contributed by atoms with Crippen LogP contribution in [-0.2, 0) is 0 Å². The summed E-state index contributed by atoms with van der Waals surface area (Å²) in [5.74, 6) is 0.661. The molecule has 5 heteroatoms. The van der Waals surface area contributed by atoms with Gasteiger partial charge in [0.1, 0.15) is 0 Å². The summed E-state index contributed by atoms with van der Waals surface area (Å²) in [6, 6.07) is 75.8. The van der Waals surface area contributed by atoms with Crippen LogP contribution in [0.1, 0.15) is 0 Å². The van der Waals surface area contributed by atoms with Crippen molar-refractivity contribution < 1.29 is 0 Å². The molecule has 0 aliphatic carbocycles. The minimum Gasteiger partial charge on any atom is -0.308 e. The van der Waals surface area contributed by atoms with Crippen LogP contribution in [0.2, 0.25) is 0 Å². The zero-order valence-corrected chi connectivity index (χ0v) is 36.6. The molecule has 0 aliphatic rings. The highest BCUT2D eigenvalue weighted by molar-refractivity contribution is 7.26. The Balaban J connectivity index is 0.911. The van der Waals surface area contributed by atoms with Crippen molar-refractivity contribution in [3.05, 3.63) is 206 Å². The molecule has 11 aromatic carbocycles. The minimum absolute atomic E-state index is 0.661. The summed E-state index contributed by atoms with van der Waals surface area (Å²) >= 11 is 1.90. The molecule has 0 aliphatic heterocycles. The van der Waals surface area contributed by atoms with E-state index in [-0.39, 0.29) is 0 Å². The molecule has 0 N–H and O–H groups in total. The van der Waals surface area contributed by atoms with E-state index in [1.807, 2.05) is 11.3 Å². The largest absolute Gasteiger partial charge is 0.308 e. The lowest BCUT2D eigenvalue weighted by Gasteiger charge is -2.13. The van der Waals surface area contributed by atoms with E-state index in [1.165, 1.54) is 102 Å². The van der Waals surface area contributed by atoms with Gasteiger partial charge in [-0.05, 0) is 87.3 Å². The maximum atomic E-state index is 5.47. The van der Waals surface area contributed by atoms with Gasteiger partial charge in [-0.25, -0.2) is 9.97 Å². The highest BCUT2D eigenvalue weighted by Gasteiger charge is 2.22. The molecule has 0 fully saturated rings. The second-order valence-electron chi connectivity index (χ2n) is 18.1. The third kappa shape index (κ3) is 4.80. The van der Waals surface area contributed by atoms with Crippen LogP contribution in [0.4, 0.5) is 0 Å². The molecule has 16 aromatic rings. The summed E-state index contributed by atoms with van der Waals surface area (Å²) in [7, 11) is 0. The Bertz CT molecular complexity index is 4800. The first kappa shape index (κ1) is 35.7. The van der Waals surface area contributed by atoms with Crippen molar-refractivity contribution in [3.63, 3.8) is 0 Å². The average Bonchev–Trinajstić information content (AvgIpc) is 4.13. The SMILES string of the molecule is c1ccc(-c2nc(-n3c4ccc(-c5ccc6sc7c8cc9c%10cccc%11c%12ccccc%12n(c9cc8ccc7c6c5)c%11%10)cc4c4c5ccccc5ccc43)nc3c2ccc2ccccc23)cc1. The molecule has 0 saturated carbocycles. The topological polar surface area (TPSA) is 35.1 Å². The predicted octanol–water partition coefficient (Wildman–Crippen LogP) is 17.0. The van der Waals surface area contributed by atoms with Crippen molar-refractivity contribution >= 4 is 135 Å². The summed E-state index contributed by atoms with van der Waals surface area (Å²) in [6.07, 6.45) is 0. The number of thiophene rings is 1. The Labute approximate surface area is 386 Å². The number of para-hydroxylation sites is 2. The zero-order chi connectivity index (χ0) is 43.5. The number of benzene rings is 11. The highest BCUT2D eigenvalue weighted by atomic mass is 32.1. The van der Waals surface area contributed by atoms with E-state index >= 15 is 0 Å². The number of hydrogen-bond donors (Lipinski definition) is 0. The second-order valence-corrected chi connectivity index (χ2v) is 19.1. The number of hydrogen-bond acceptors (Lipinski definition) is 3. The number of aromatic nitrogens is 4. The number of nitrogens with zero attached hydrogens (tertiary/aromatic N) is 4. The fraction of sp³-hybridized carbons (Fsp3) is 0. The van der Waals surface area contributed by atoms with E-state index < -0.39 is 0 Å². The maximum Gasteiger partial charge on any atom is 0.235 e. The van der Waals surface area contributed by atoms with Crippen LogP contribution in [-0.4, -0.2) is 18.9 Å². The van der Waals surface area contributed by atoms with Gasteiger partial charge >= 0.3 is 0 Å². The lowest BCUT2D eigenvalue weighted by atomic mass is 9.98. The Morgan fingerprint density at radius 3 is 1.90 bits per heavy atom. The van der Waals surface area contributed by atoms with E-state index in [2.05, 4.69) is 215 Å². The summed E-state index contributed by atoms with van der Waals surface area (Å²) in [5, 5.41) is 18.5. The minimum atomic E-state index is 0.661. The lowest BCUT2D eigenvalue weighted by Crippen LogP contribution is -2.03. The first-order valence-electron chi connectivity index (χ1n) is 22.9. The molecule has 0 unspecified atom stereocenters. The normalized spacial score (nSPS) is 12.5. The van der Waals surface area contributed by atoms with Gasteiger partial charge in [0.2, 0.25) is 5.95 Å². The molecule has 0 spiro atoms. The van der Waals surface area contributed by atoms with Gasteiger partial charge in [0, 0.05) is 74.2 Å². The Morgan fingerprint density at radius 2 is 1.01 bits per heavy atom. The number of fused-ring (bicyclic) bond motifs is 19. The van der Waals surface area contributed by atoms with Crippen molar-refractivity contribution in [2.45, 2.75) is 0 Å². The molecule has 5 aromatic heterocycles. The van der Waals surface area contributed by atoms with Crippen molar-refractivity contribution in [1.29, 1.82) is 0 Å². The molecular formula is C62H34N4S. The third-order valence-corrected chi connectivity index (χ3v) is 15.8. The Kier molecular flexibility index (Phi) is 6.93. The maximum absolute atomic E-state index is 5.47. The zero-order valence-electron chi connectivity index (χ0n) is 35.8. The molecule has 0 atom stereocenters. The summed E-state index contributed by atoms with van der Waals surface area (Å²) in [5.41, 5.74) is 11.3. The lowest BCUT2D eigenvalue weighted by molar-refractivity contribution is 1.02. The first-order valence-corrected chi connectivity index (χ1v) is 23.7. The standard InChI is InChI=1S/C62H34N4S/c1-2-13-37(14-3-1)58-47-27-21-36-12-5-7-16-42(36)59(47)64-62(63-58)66-53-28-24-38(32-51(53)57-41-15-6-4-11-35(41)23-29-54(57)66)39-25-30-56-50(31-39)46-26-22-40-33-55-49(34-48(40)61(46)67-56)45-19-10-18-44-43-17-8-9-20-52(43)65(55)60(44)45/h1-34H. The van der Waals surface area contributed by atoms with Crippen molar-refractivity contribution in [3.8, 4) is 28.3 Å². The van der Waals surface area contributed by atoms with Crippen molar-refractivity contribution in [1.82, 2.24) is 18.9 Å². The molecule has 4 nitrogen and oxygen atoms in total. The monoisotopic (exact) mass is 866 g/mol. The van der Waals surface area contributed by atoms with Crippen LogP contribution in [0, 0.1) is 0 Å². The first-order chi connectivity index (χ1) is 33.2. The molecule has 67 heavy (non-hydrogen) atoms. The van der Waals surface area contributed by atoms with E-state index in [1.54, 1.807) is 0 Å². The van der Waals surface area contributed by atoms with Gasteiger partial charge in [-0.3, -0.25) is 4.57 Å². The van der Waals surface area contributed by atoms with Crippen molar-refractivity contribution in [2.24, 2.45) is 0 Å². The van der Waals surface area contributed by atoms with Crippen LogP contribution in [0.25, 0.3) is 152 Å². The second kappa shape index (κ2) is 13.0. The summed E-state index contributed by atoms with van der Waals surface area (Å²) < 4.78 is 7.40. The van der Waals surface area contributed by atoms with Gasteiger partial charge < -0.3 is 4.40 Å². The fourth-order valence-electron chi connectivity index (χ4n) is 11.6. The quantitative estimate of drug-likeness (QED) is 0.166. The van der Waals surface area contributed by atoms with E-state index in [0.29, 0.717) is 5.95 Å². The van der Waals surface area contributed by atoms with E-state index in [4.69, 9.17) is 9.97 Å². The summed E-state index contributed by atoms with van der Waals surface area (Å²) in [6.45, 7) is 0. The van der Waals surface area contributed by atoms with Crippen molar-refractivity contribution in [2.75, 3.05) is 0 Å². The third-order valence-electron chi connectivity index (χ3n) is 14.6. The average molecular weight is 867 g/mol. The Morgan fingerprint density at radius 1 is 0.343 bits per heavy atom. The van der Waals surface area contributed by atoms with Gasteiger partial charge in [0.05, 0.1) is 38.8 Å². The molecule has 0 saturated heterocycles. The van der Waals surface area contributed by atoms with Crippen LogP contribution in [0.5, 0.6) is 0 Å². The van der Waals surface area contributed by atoms with Gasteiger partial charge in [-0.2, -0.15) is 0 Å². The molecule has 308 valence electrons. The molecule has 0 radical (unpaired) electrons. The smallest absolute Gasteiger partial charge is 0.235 e. The molecule has 0 bridgehead atoms. The van der Waals surface area contributed by atoms with Crippen LogP contribution in [0.15, 0.2) is 206 Å². The van der Waals surface area contributed by atoms with Crippen LogP contribution >= 0.6 is 11.3 Å². The van der Waals surface area contributed by atoms with Gasteiger partial charge in [0.25, 0.3) is 0 Å². The molecular weight excluding hydrogens is 833 g/mol. The highest BCUT2D eigenvalue weighted by Crippen LogP contribution is 2.46. The molecule has 0 amide bonds. The predicted molar refractivity (Wildman–Crippen MR) is 285 cm³/mol. The molecule has 16 rings (SSSR count). The van der Waals surface area contributed by atoms with E-state index in [9.17, 15) is 0 Å². The Hall–Kier alpha value is -8.64. The van der Waals surface area contributed by atoms with Crippen LogP contribution in [0.3, 0.4) is 0 Å².